The van der Waals surface area contributed by atoms with Gasteiger partial charge in [0.05, 0.1) is 29.5 Å². The summed E-state index contributed by atoms with van der Waals surface area (Å²) in [5.41, 5.74) is 1.46. The SMILES string of the molecule is CCCn1ncc(C(=O)N2CC[C@]3(OC)CC[C@@H](OC)C[C@H]23)c1C. The summed E-state index contributed by atoms with van der Waals surface area (Å²) in [6.07, 6.45) is 6.62. The van der Waals surface area contributed by atoms with E-state index in [2.05, 4.69) is 12.0 Å². The highest BCUT2D eigenvalue weighted by Crippen LogP contribution is 2.43. The summed E-state index contributed by atoms with van der Waals surface area (Å²) in [7, 11) is 3.53. The van der Waals surface area contributed by atoms with E-state index in [9.17, 15) is 4.79 Å². The van der Waals surface area contributed by atoms with Crippen molar-refractivity contribution in [3.8, 4) is 0 Å². The molecule has 24 heavy (non-hydrogen) atoms. The summed E-state index contributed by atoms with van der Waals surface area (Å²) in [6.45, 7) is 5.68. The second kappa shape index (κ2) is 6.84. The molecule has 0 radical (unpaired) electrons. The minimum Gasteiger partial charge on any atom is -0.381 e. The van der Waals surface area contributed by atoms with Crippen LogP contribution in [0.25, 0.3) is 0 Å². The number of aryl methyl sites for hydroxylation is 1. The van der Waals surface area contributed by atoms with E-state index < -0.39 is 0 Å². The third kappa shape index (κ3) is 2.75. The van der Waals surface area contributed by atoms with E-state index in [1.807, 2.05) is 16.5 Å². The van der Waals surface area contributed by atoms with Crippen molar-refractivity contribution in [3.05, 3.63) is 17.5 Å². The average molecular weight is 335 g/mol. The number of rotatable bonds is 5. The lowest BCUT2D eigenvalue weighted by atomic mass is 9.79. The van der Waals surface area contributed by atoms with Crippen molar-refractivity contribution in [3.63, 3.8) is 0 Å². The molecule has 1 aromatic heterocycles. The van der Waals surface area contributed by atoms with Crippen LogP contribution in [0.3, 0.4) is 0 Å². The van der Waals surface area contributed by atoms with Crippen molar-refractivity contribution in [2.45, 2.75) is 70.2 Å². The van der Waals surface area contributed by atoms with E-state index in [0.717, 1.165) is 56.5 Å². The molecule has 6 heteroatoms. The van der Waals surface area contributed by atoms with Crippen molar-refractivity contribution in [1.29, 1.82) is 0 Å². The highest BCUT2D eigenvalue weighted by atomic mass is 16.5. The third-order valence-corrected chi connectivity index (χ3v) is 5.90. The van der Waals surface area contributed by atoms with E-state index in [1.165, 1.54) is 0 Å². The van der Waals surface area contributed by atoms with Crippen LogP contribution in [0.15, 0.2) is 6.20 Å². The van der Waals surface area contributed by atoms with Crippen LogP contribution in [0.5, 0.6) is 0 Å². The van der Waals surface area contributed by atoms with Gasteiger partial charge in [0, 0.05) is 33.0 Å². The van der Waals surface area contributed by atoms with E-state index in [1.54, 1.807) is 20.4 Å². The first kappa shape index (κ1) is 17.4. The molecule has 0 bridgehead atoms. The smallest absolute Gasteiger partial charge is 0.257 e. The number of carbonyl (C=O) groups is 1. The van der Waals surface area contributed by atoms with Crippen LogP contribution in [0, 0.1) is 6.92 Å². The maximum Gasteiger partial charge on any atom is 0.257 e. The standard InChI is InChI=1S/C18H29N3O3/c1-5-9-21-13(2)15(12-19-21)17(22)20-10-8-18(24-4)7-6-14(23-3)11-16(18)20/h12,14,16H,5-11H2,1-4H3/t14-,16+,18-/m1/s1. The van der Waals surface area contributed by atoms with Gasteiger partial charge in [-0.25, -0.2) is 0 Å². The number of aromatic nitrogens is 2. The first-order chi connectivity index (χ1) is 11.6. The van der Waals surface area contributed by atoms with Crippen LogP contribution in [-0.2, 0) is 16.0 Å². The number of hydrogen-bond acceptors (Lipinski definition) is 4. The van der Waals surface area contributed by atoms with Crippen LogP contribution in [-0.4, -0.2) is 59.1 Å². The van der Waals surface area contributed by atoms with Gasteiger partial charge >= 0.3 is 0 Å². The number of carbonyl (C=O) groups excluding carboxylic acids is 1. The zero-order valence-electron chi connectivity index (χ0n) is 15.2. The lowest BCUT2D eigenvalue weighted by Gasteiger charge is -2.43. The molecule has 2 fully saturated rings. The summed E-state index contributed by atoms with van der Waals surface area (Å²) in [4.78, 5) is 15.2. The molecule has 0 aromatic carbocycles. The highest BCUT2D eigenvalue weighted by Gasteiger charge is 2.52. The second-order valence-corrected chi connectivity index (χ2v) is 7.03. The van der Waals surface area contributed by atoms with Gasteiger partial charge in [0.2, 0.25) is 0 Å². The van der Waals surface area contributed by atoms with E-state index >= 15 is 0 Å². The summed E-state index contributed by atoms with van der Waals surface area (Å²) in [5, 5.41) is 4.38. The fourth-order valence-electron chi connectivity index (χ4n) is 4.37. The Hall–Kier alpha value is -1.40. The van der Waals surface area contributed by atoms with Gasteiger partial charge < -0.3 is 14.4 Å². The van der Waals surface area contributed by atoms with Crippen LogP contribution in [0.2, 0.25) is 0 Å². The molecule has 1 amide bonds. The zero-order chi connectivity index (χ0) is 17.3. The van der Waals surface area contributed by atoms with Crippen LogP contribution < -0.4 is 0 Å². The monoisotopic (exact) mass is 335 g/mol. The van der Waals surface area contributed by atoms with Gasteiger partial charge in [0.15, 0.2) is 0 Å². The Morgan fingerprint density at radius 3 is 2.88 bits per heavy atom. The molecule has 6 nitrogen and oxygen atoms in total. The molecule has 1 aliphatic heterocycles. The largest absolute Gasteiger partial charge is 0.381 e. The zero-order valence-corrected chi connectivity index (χ0v) is 15.2. The van der Waals surface area contributed by atoms with Crippen molar-refractivity contribution < 1.29 is 14.3 Å². The first-order valence-corrected chi connectivity index (χ1v) is 8.97. The number of fused-ring (bicyclic) bond motifs is 1. The molecule has 0 N–H and O–H groups in total. The molecule has 3 rings (SSSR count). The maximum absolute atomic E-state index is 13.2. The topological polar surface area (TPSA) is 56.6 Å². The second-order valence-electron chi connectivity index (χ2n) is 7.03. The molecule has 1 aliphatic carbocycles. The number of hydrogen-bond donors (Lipinski definition) is 0. The Labute approximate surface area is 144 Å². The van der Waals surface area contributed by atoms with Gasteiger partial charge in [0.25, 0.3) is 5.91 Å². The Balaban J connectivity index is 1.84. The van der Waals surface area contributed by atoms with Gasteiger partial charge in [-0.05, 0) is 39.0 Å². The average Bonchev–Trinajstić information content (AvgIpc) is 3.16. The number of amides is 1. The Kier molecular flexibility index (Phi) is 4.97. The summed E-state index contributed by atoms with van der Waals surface area (Å²) < 4.78 is 13.4. The van der Waals surface area contributed by atoms with Crippen LogP contribution >= 0.6 is 0 Å². The predicted octanol–water partition coefficient (Wildman–Crippen LogP) is 2.40. The van der Waals surface area contributed by atoms with Crippen LogP contribution in [0.1, 0.15) is 55.1 Å². The molecule has 0 spiro atoms. The highest BCUT2D eigenvalue weighted by molar-refractivity contribution is 5.95. The fraction of sp³-hybridized carbons (Fsp3) is 0.778. The fourth-order valence-corrected chi connectivity index (χ4v) is 4.37. The van der Waals surface area contributed by atoms with Crippen molar-refractivity contribution >= 4 is 5.91 Å². The van der Waals surface area contributed by atoms with Gasteiger partial charge in [0.1, 0.15) is 0 Å². The predicted molar refractivity (Wildman–Crippen MR) is 91.1 cm³/mol. The van der Waals surface area contributed by atoms with E-state index in [4.69, 9.17) is 9.47 Å². The number of nitrogens with zero attached hydrogens (tertiary/aromatic N) is 3. The number of methoxy groups -OCH3 is 2. The Morgan fingerprint density at radius 2 is 2.21 bits per heavy atom. The molecule has 0 unspecified atom stereocenters. The van der Waals surface area contributed by atoms with Gasteiger partial charge in [-0.1, -0.05) is 6.92 Å². The normalized spacial score (nSPS) is 29.8. The summed E-state index contributed by atoms with van der Waals surface area (Å²) >= 11 is 0. The van der Waals surface area contributed by atoms with Crippen molar-refractivity contribution in [1.82, 2.24) is 14.7 Å². The third-order valence-electron chi connectivity index (χ3n) is 5.90. The van der Waals surface area contributed by atoms with Gasteiger partial charge in [-0.3, -0.25) is 9.48 Å². The number of ether oxygens (including phenoxy) is 2. The van der Waals surface area contributed by atoms with Crippen molar-refractivity contribution in [2.75, 3.05) is 20.8 Å². The minimum atomic E-state index is -0.210. The molecule has 2 heterocycles. The van der Waals surface area contributed by atoms with E-state index in [-0.39, 0.29) is 23.7 Å². The minimum absolute atomic E-state index is 0.0792. The molecule has 1 saturated carbocycles. The molecule has 2 aliphatic rings. The number of likely N-dealkylation sites (tertiary alicyclic amines) is 1. The Bertz CT molecular complexity index is 600. The van der Waals surface area contributed by atoms with Crippen molar-refractivity contribution in [2.24, 2.45) is 0 Å². The van der Waals surface area contributed by atoms with Gasteiger partial charge in [-0.15, -0.1) is 0 Å². The van der Waals surface area contributed by atoms with E-state index in [0.29, 0.717) is 0 Å². The quantitative estimate of drug-likeness (QED) is 0.829. The Morgan fingerprint density at radius 1 is 1.42 bits per heavy atom. The summed E-state index contributed by atoms with van der Waals surface area (Å²) in [6, 6.07) is 0.0858. The van der Waals surface area contributed by atoms with Crippen LogP contribution in [0.4, 0.5) is 0 Å². The molecule has 1 aromatic rings. The summed E-state index contributed by atoms with van der Waals surface area (Å²) in [5.74, 6) is 0.0792. The molecule has 1 saturated heterocycles. The molecular formula is C18H29N3O3. The van der Waals surface area contributed by atoms with Gasteiger partial charge in [-0.2, -0.15) is 5.10 Å². The molecule has 3 atom stereocenters. The first-order valence-electron chi connectivity index (χ1n) is 8.97. The lowest BCUT2D eigenvalue weighted by molar-refractivity contribution is -0.0893. The molecule has 134 valence electrons. The maximum atomic E-state index is 13.2. The lowest BCUT2D eigenvalue weighted by Crippen LogP contribution is -2.53. The molecular weight excluding hydrogens is 306 g/mol.